The fourth-order valence-electron chi connectivity index (χ4n) is 1.73. The monoisotopic (exact) mass is 225 g/mol. The summed E-state index contributed by atoms with van der Waals surface area (Å²) >= 11 is 0. The van der Waals surface area contributed by atoms with E-state index in [1.165, 1.54) is 5.56 Å². The van der Waals surface area contributed by atoms with Crippen LogP contribution in [0.1, 0.15) is 26.3 Å². The van der Waals surface area contributed by atoms with Gasteiger partial charge in [0.2, 0.25) is 5.69 Å². The van der Waals surface area contributed by atoms with Crippen LogP contribution in [-0.2, 0) is 5.41 Å². The third-order valence-corrected chi connectivity index (χ3v) is 2.81. The minimum absolute atomic E-state index is 0.0864. The van der Waals surface area contributed by atoms with Crippen molar-refractivity contribution in [2.75, 3.05) is 5.73 Å². The van der Waals surface area contributed by atoms with Gasteiger partial charge in [-0.15, -0.1) is 0 Å². The molecule has 0 saturated heterocycles. The zero-order chi connectivity index (χ0) is 12.6. The Kier molecular flexibility index (Phi) is 2.51. The highest BCUT2D eigenvalue weighted by molar-refractivity contribution is 5.86. The van der Waals surface area contributed by atoms with Crippen molar-refractivity contribution in [3.8, 4) is 0 Å². The first kappa shape index (κ1) is 11.4. The highest BCUT2D eigenvalue weighted by Crippen LogP contribution is 2.29. The second-order valence-corrected chi connectivity index (χ2v) is 5.16. The zero-order valence-electron chi connectivity index (χ0n) is 10.3. The average Bonchev–Trinajstić information content (AvgIpc) is 2.26. The summed E-state index contributed by atoms with van der Waals surface area (Å²) < 4.78 is 0. The minimum Gasteiger partial charge on any atom is -0.392 e. The van der Waals surface area contributed by atoms with Crippen LogP contribution in [0, 0.1) is 6.57 Å². The summed E-state index contributed by atoms with van der Waals surface area (Å²) in [5.41, 5.74) is 8.30. The van der Waals surface area contributed by atoms with E-state index in [-0.39, 0.29) is 5.41 Å². The minimum atomic E-state index is 0.0864. The highest BCUT2D eigenvalue weighted by atomic mass is 14.9. The fourth-order valence-corrected chi connectivity index (χ4v) is 1.73. The summed E-state index contributed by atoms with van der Waals surface area (Å²) in [6.45, 7) is 13.5. The Balaban J connectivity index is 2.69. The highest BCUT2D eigenvalue weighted by Gasteiger charge is 2.14. The standard InChI is InChI=1S/C14H15N3/c1-14(2,3)10-6-5-9-7-12(16-4)13(15)17-11(9)8-10/h5-8H,1-3H3,(H2,15,17). The molecule has 1 heterocycles. The van der Waals surface area contributed by atoms with Gasteiger partial charge in [0.1, 0.15) is 5.82 Å². The molecule has 0 atom stereocenters. The quantitative estimate of drug-likeness (QED) is 0.695. The lowest BCUT2D eigenvalue weighted by Crippen LogP contribution is -2.10. The van der Waals surface area contributed by atoms with E-state index in [2.05, 4.69) is 36.7 Å². The summed E-state index contributed by atoms with van der Waals surface area (Å²) in [4.78, 5) is 7.64. The molecule has 2 aromatic rings. The van der Waals surface area contributed by atoms with Gasteiger partial charge in [0.15, 0.2) is 0 Å². The van der Waals surface area contributed by atoms with Crippen LogP contribution in [0.25, 0.3) is 15.7 Å². The van der Waals surface area contributed by atoms with E-state index < -0.39 is 0 Å². The maximum absolute atomic E-state index is 7.01. The van der Waals surface area contributed by atoms with Crippen molar-refractivity contribution in [1.29, 1.82) is 0 Å². The number of nitrogens with two attached hydrogens (primary N) is 1. The molecule has 1 aromatic heterocycles. The van der Waals surface area contributed by atoms with Gasteiger partial charge >= 0.3 is 0 Å². The molecule has 0 bridgehead atoms. The second-order valence-electron chi connectivity index (χ2n) is 5.16. The van der Waals surface area contributed by atoms with Gasteiger partial charge in [-0.2, -0.15) is 0 Å². The van der Waals surface area contributed by atoms with Gasteiger partial charge in [0.25, 0.3) is 0 Å². The van der Waals surface area contributed by atoms with Crippen LogP contribution in [0.15, 0.2) is 24.3 Å². The summed E-state index contributed by atoms with van der Waals surface area (Å²) in [5, 5.41) is 0.957. The van der Waals surface area contributed by atoms with Crippen molar-refractivity contribution < 1.29 is 0 Å². The molecule has 86 valence electrons. The van der Waals surface area contributed by atoms with Crippen molar-refractivity contribution in [2.24, 2.45) is 0 Å². The number of fused-ring (bicyclic) bond motifs is 1. The Bertz CT molecular complexity index is 616. The molecule has 2 N–H and O–H groups in total. The molecule has 3 nitrogen and oxygen atoms in total. The van der Waals surface area contributed by atoms with E-state index in [0.717, 1.165) is 10.9 Å². The molecule has 1 aromatic carbocycles. The van der Waals surface area contributed by atoms with E-state index in [4.69, 9.17) is 12.3 Å². The number of nitrogens with zero attached hydrogens (tertiary/aromatic N) is 2. The number of aromatic nitrogens is 1. The lowest BCUT2D eigenvalue weighted by Gasteiger charge is -2.19. The molecule has 0 spiro atoms. The number of pyridine rings is 1. The number of anilines is 1. The van der Waals surface area contributed by atoms with Gasteiger partial charge in [0, 0.05) is 0 Å². The largest absolute Gasteiger partial charge is 0.392 e. The van der Waals surface area contributed by atoms with Gasteiger partial charge in [0.05, 0.1) is 12.1 Å². The second kappa shape index (κ2) is 3.74. The number of hydrogen-bond acceptors (Lipinski definition) is 2. The Labute approximate surface area is 101 Å². The Morgan fingerprint density at radius 3 is 2.53 bits per heavy atom. The van der Waals surface area contributed by atoms with Crippen molar-refractivity contribution in [3.05, 3.63) is 41.2 Å². The van der Waals surface area contributed by atoms with E-state index >= 15 is 0 Å². The molecule has 2 rings (SSSR count). The van der Waals surface area contributed by atoms with E-state index in [9.17, 15) is 0 Å². The number of benzene rings is 1. The predicted molar refractivity (Wildman–Crippen MR) is 71.1 cm³/mol. The smallest absolute Gasteiger partial charge is 0.228 e. The Morgan fingerprint density at radius 2 is 1.94 bits per heavy atom. The third-order valence-electron chi connectivity index (χ3n) is 2.81. The molecular weight excluding hydrogens is 210 g/mol. The lowest BCUT2D eigenvalue weighted by atomic mass is 9.86. The first-order chi connectivity index (χ1) is 7.91. The molecular formula is C14H15N3. The summed E-state index contributed by atoms with van der Waals surface area (Å²) in [5.74, 6) is 0.304. The normalized spacial score (nSPS) is 11.4. The molecule has 0 fully saturated rings. The molecule has 0 amide bonds. The van der Waals surface area contributed by atoms with Crippen LogP contribution < -0.4 is 5.73 Å². The van der Waals surface area contributed by atoms with Gasteiger partial charge in [-0.25, -0.2) is 9.83 Å². The van der Waals surface area contributed by atoms with Gasteiger partial charge < -0.3 is 5.73 Å². The Hall–Kier alpha value is -2.08. The van der Waals surface area contributed by atoms with Crippen LogP contribution >= 0.6 is 0 Å². The van der Waals surface area contributed by atoms with E-state index in [0.29, 0.717) is 11.5 Å². The first-order valence-electron chi connectivity index (χ1n) is 5.50. The van der Waals surface area contributed by atoms with Crippen LogP contribution in [0.5, 0.6) is 0 Å². The molecule has 0 aliphatic heterocycles. The van der Waals surface area contributed by atoms with E-state index in [1.54, 1.807) is 6.07 Å². The van der Waals surface area contributed by atoms with E-state index in [1.807, 2.05) is 12.1 Å². The summed E-state index contributed by atoms with van der Waals surface area (Å²) in [6.07, 6.45) is 0. The van der Waals surface area contributed by atoms with Gasteiger partial charge in [-0.3, -0.25) is 0 Å². The Morgan fingerprint density at radius 1 is 1.24 bits per heavy atom. The van der Waals surface area contributed by atoms with Crippen LogP contribution in [0.3, 0.4) is 0 Å². The molecule has 0 aliphatic carbocycles. The maximum atomic E-state index is 7.01. The number of rotatable bonds is 0. The number of hydrogen-bond donors (Lipinski definition) is 1. The summed E-state index contributed by atoms with van der Waals surface area (Å²) in [6, 6.07) is 7.90. The van der Waals surface area contributed by atoms with Crippen molar-refractivity contribution in [1.82, 2.24) is 4.98 Å². The van der Waals surface area contributed by atoms with Gasteiger partial charge in [-0.1, -0.05) is 32.9 Å². The van der Waals surface area contributed by atoms with Gasteiger partial charge in [-0.05, 0) is 28.5 Å². The zero-order valence-corrected chi connectivity index (χ0v) is 10.3. The fraction of sp³-hybridized carbons (Fsp3) is 0.286. The molecule has 0 radical (unpaired) electrons. The van der Waals surface area contributed by atoms with Crippen LogP contribution in [-0.4, -0.2) is 4.98 Å². The average molecular weight is 225 g/mol. The number of nitrogen functional groups attached to an aromatic ring is 1. The SMILES string of the molecule is [C-]#[N+]c1cc2ccc(C(C)(C)C)cc2nc1N. The van der Waals surface area contributed by atoms with Crippen LogP contribution in [0.4, 0.5) is 11.5 Å². The molecule has 0 aliphatic rings. The predicted octanol–water partition coefficient (Wildman–Crippen LogP) is 3.67. The molecule has 17 heavy (non-hydrogen) atoms. The van der Waals surface area contributed by atoms with Crippen molar-refractivity contribution in [3.63, 3.8) is 0 Å². The third kappa shape index (κ3) is 2.07. The maximum Gasteiger partial charge on any atom is 0.228 e. The first-order valence-corrected chi connectivity index (χ1v) is 5.50. The summed E-state index contributed by atoms with van der Waals surface area (Å²) in [7, 11) is 0. The van der Waals surface area contributed by atoms with Crippen LogP contribution in [0.2, 0.25) is 0 Å². The van der Waals surface area contributed by atoms with Crippen molar-refractivity contribution in [2.45, 2.75) is 26.2 Å². The van der Waals surface area contributed by atoms with Crippen molar-refractivity contribution >= 4 is 22.4 Å². The topological polar surface area (TPSA) is 43.3 Å². The lowest BCUT2D eigenvalue weighted by molar-refractivity contribution is 0.591. The molecule has 3 heteroatoms. The molecule has 0 unspecified atom stereocenters. The molecule has 0 saturated carbocycles.